The van der Waals surface area contributed by atoms with Gasteiger partial charge in [-0.05, 0) is 6.92 Å². The van der Waals surface area contributed by atoms with E-state index in [1.54, 1.807) is 6.92 Å². The lowest BCUT2D eigenvalue weighted by Gasteiger charge is -2.08. The minimum Gasteiger partial charge on any atom is -0.280 e. The van der Waals surface area contributed by atoms with Crippen molar-refractivity contribution in [2.45, 2.75) is 13.0 Å². The zero-order chi connectivity index (χ0) is 9.35. The van der Waals surface area contributed by atoms with E-state index < -0.39 is 9.84 Å². The molecule has 0 amide bonds. The molecule has 0 aromatic heterocycles. The van der Waals surface area contributed by atoms with Gasteiger partial charge in [-0.1, -0.05) is 4.58 Å². The molecule has 12 heavy (non-hydrogen) atoms. The molecule has 2 unspecified atom stereocenters. The first-order valence-corrected chi connectivity index (χ1v) is 5.83. The van der Waals surface area contributed by atoms with Crippen LogP contribution in [0.15, 0.2) is 0 Å². The number of hydroxylamine groups is 1. The van der Waals surface area contributed by atoms with Gasteiger partial charge >= 0.3 is 0 Å². The average molecular weight is 213 g/mol. The van der Waals surface area contributed by atoms with Crippen LogP contribution >= 0.6 is 11.8 Å². The quantitative estimate of drug-likeness (QED) is 0.629. The topological polar surface area (TPSA) is 46.6 Å². The highest BCUT2D eigenvalue weighted by Crippen LogP contribution is 2.25. The van der Waals surface area contributed by atoms with Crippen molar-refractivity contribution >= 4 is 21.6 Å². The highest BCUT2D eigenvalue weighted by Gasteiger charge is 2.32. The van der Waals surface area contributed by atoms with Gasteiger partial charge < -0.3 is 0 Å². The van der Waals surface area contributed by atoms with Crippen LogP contribution in [0.1, 0.15) is 6.92 Å². The van der Waals surface area contributed by atoms with Gasteiger partial charge in [0, 0.05) is 30.5 Å². The van der Waals surface area contributed by atoms with Crippen molar-refractivity contribution in [2.75, 3.05) is 12.8 Å². The Kier molecular flexibility index (Phi) is 2.98. The lowest BCUT2D eigenvalue weighted by Crippen LogP contribution is -2.18. The Labute approximate surface area is 77.4 Å². The van der Waals surface area contributed by atoms with E-state index >= 15 is 0 Å². The molecule has 0 aliphatic carbocycles. The number of hydrogen-bond acceptors (Lipinski definition) is 4. The number of sulfone groups is 1. The molecule has 1 radical (unpaired) electrons. The first-order chi connectivity index (χ1) is 5.38. The van der Waals surface area contributed by atoms with Crippen molar-refractivity contribution < 1.29 is 13.3 Å². The monoisotopic (exact) mass is 212 g/mol. The fourth-order valence-electron chi connectivity index (χ4n) is 1.09. The van der Waals surface area contributed by atoms with Crippen LogP contribution in [-0.2, 0) is 14.7 Å². The highest BCUT2D eigenvalue weighted by molar-refractivity contribution is 7.92. The normalized spacial score (nSPS) is 32.6. The molecule has 0 saturated carbocycles. The Balaban J connectivity index is 2.55. The maximum Gasteiger partial charge on any atom is 0.152 e. The summed E-state index contributed by atoms with van der Waals surface area (Å²) in [6, 6.07) is 0. The third-order valence-electron chi connectivity index (χ3n) is 1.66. The number of nitrogens with zero attached hydrogens (tertiary/aromatic N) is 1. The van der Waals surface area contributed by atoms with Gasteiger partial charge in [0.1, 0.15) is 0 Å². The lowest BCUT2D eigenvalue weighted by atomic mass is 10.1. The second-order valence-electron chi connectivity index (χ2n) is 2.94. The van der Waals surface area contributed by atoms with Crippen LogP contribution in [0.5, 0.6) is 0 Å². The smallest absolute Gasteiger partial charge is 0.152 e. The lowest BCUT2D eigenvalue weighted by molar-refractivity contribution is -0.0693. The van der Waals surface area contributed by atoms with Crippen LogP contribution in [0, 0.1) is 11.7 Å². The van der Waals surface area contributed by atoms with E-state index in [-0.39, 0.29) is 12.0 Å². The molecule has 0 bridgehead atoms. The van der Waals surface area contributed by atoms with Gasteiger partial charge in [-0.25, -0.2) is 8.42 Å². The largest absolute Gasteiger partial charge is 0.280 e. The van der Waals surface area contributed by atoms with E-state index in [9.17, 15) is 8.42 Å². The van der Waals surface area contributed by atoms with Crippen molar-refractivity contribution in [3.05, 3.63) is 5.75 Å². The molecule has 1 aliphatic heterocycles. The fraction of sp³-hybridized carbons (Fsp3) is 0.833. The van der Waals surface area contributed by atoms with Crippen LogP contribution in [-0.4, -0.2) is 31.9 Å². The van der Waals surface area contributed by atoms with Gasteiger partial charge in [-0.2, -0.15) is 0 Å². The zero-order valence-electron chi connectivity index (χ0n) is 6.90. The van der Waals surface area contributed by atoms with Crippen LogP contribution in [0.4, 0.5) is 0 Å². The van der Waals surface area contributed by atoms with Gasteiger partial charge in [0.25, 0.3) is 0 Å². The molecule has 4 nitrogen and oxygen atoms in total. The molecule has 1 fully saturated rings. The second-order valence-corrected chi connectivity index (χ2v) is 5.25. The van der Waals surface area contributed by atoms with Crippen molar-refractivity contribution in [2.24, 2.45) is 5.92 Å². The fourth-order valence-corrected chi connectivity index (χ4v) is 2.31. The highest BCUT2D eigenvalue weighted by atomic mass is 35.5. The Morgan fingerprint density at radius 2 is 2.25 bits per heavy atom. The van der Waals surface area contributed by atoms with Crippen LogP contribution in [0.2, 0.25) is 0 Å². The summed E-state index contributed by atoms with van der Waals surface area (Å²) in [7, 11) is -3.05. The standard InChI is InChI=1S/C6H11ClNO3S/c1-5-6(3-8(7)11-5)4-12(2,9)10/h4-6H,3H2,1-2H3. The molecule has 71 valence electrons. The zero-order valence-corrected chi connectivity index (χ0v) is 8.47. The molecule has 1 heterocycles. The first-order valence-electron chi connectivity index (χ1n) is 3.53. The van der Waals surface area contributed by atoms with Gasteiger partial charge in [0.2, 0.25) is 0 Å². The summed E-state index contributed by atoms with van der Waals surface area (Å²) >= 11 is 5.53. The summed E-state index contributed by atoms with van der Waals surface area (Å²) in [4.78, 5) is 5.02. The molecule has 6 heteroatoms. The number of hydrogen-bond donors (Lipinski definition) is 0. The SMILES string of the molecule is CC1ON(Cl)CC1[CH]S(C)(=O)=O. The van der Waals surface area contributed by atoms with Crippen LogP contribution in [0.3, 0.4) is 0 Å². The summed E-state index contributed by atoms with van der Waals surface area (Å²) in [6.07, 6.45) is 0.994. The van der Waals surface area contributed by atoms with Gasteiger partial charge in [0.15, 0.2) is 9.84 Å². The molecule has 1 aliphatic rings. The molecule has 0 aromatic rings. The minimum atomic E-state index is -3.05. The number of halogens is 1. The summed E-state index contributed by atoms with van der Waals surface area (Å²) in [5.41, 5.74) is 0. The van der Waals surface area contributed by atoms with Crippen molar-refractivity contribution in [3.63, 3.8) is 0 Å². The van der Waals surface area contributed by atoms with E-state index in [1.807, 2.05) is 0 Å². The predicted molar refractivity (Wildman–Crippen MR) is 45.7 cm³/mol. The molecule has 0 aromatic carbocycles. The van der Waals surface area contributed by atoms with E-state index in [0.29, 0.717) is 6.54 Å². The van der Waals surface area contributed by atoms with E-state index in [1.165, 1.54) is 5.75 Å². The maximum absolute atomic E-state index is 10.9. The molecule has 0 N–H and O–H groups in total. The molecular formula is C6H11ClNO3S. The predicted octanol–water partition coefficient (Wildman–Crippen LogP) is 0.598. The third-order valence-corrected chi connectivity index (χ3v) is 2.72. The summed E-state index contributed by atoms with van der Waals surface area (Å²) in [5, 5.41) is 0. The minimum absolute atomic E-state index is 0.141. The van der Waals surface area contributed by atoms with E-state index in [0.717, 1.165) is 10.8 Å². The Bertz CT molecular complexity index is 254. The van der Waals surface area contributed by atoms with Crippen molar-refractivity contribution in [1.29, 1.82) is 0 Å². The van der Waals surface area contributed by atoms with Gasteiger partial charge in [-0.15, -0.1) is 0 Å². The van der Waals surface area contributed by atoms with Crippen LogP contribution < -0.4 is 0 Å². The molecular weight excluding hydrogens is 202 g/mol. The number of rotatable bonds is 2. The maximum atomic E-state index is 10.9. The molecule has 0 spiro atoms. The third kappa shape index (κ3) is 2.90. The first kappa shape index (κ1) is 10.2. The van der Waals surface area contributed by atoms with Crippen molar-refractivity contribution in [1.82, 2.24) is 4.58 Å². The van der Waals surface area contributed by atoms with E-state index in [4.69, 9.17) is 16.6 Å². The summed E-state index contributed by atoms with van der Waals surface area (Å²) < 4.78 is 22.9. The average Bonchev–Trinajstić information content (AvgIpc) is 2.06. The summed E-state index contributed by atoms with van der Waals surface area (Å²) in [6.45, 7) is 2.20. The molecule has 1 saturated heterocycles. The summed E-state index contributed by atoms with van der Waals surface area (Å²) in [5.74, 6) is 1.14. The van der Waals surface area contributed by atoms with Crippen LogP contribution in [0.25, 0.3) is 0 Å². The van der Waals surface area contributed by atoms with Gasteiger partial charge in [-0.3, -0.25) is 4.84 Å². The second kappa shape index (κ2) is 3.49. The molecule has 1 rings (SSSR count). The molecule has 2 atom stereocenters. The Morgan fingerprint density at radius 3 is 2.58 bits per heavy atom. The van der Waals surface area contributed by atoms with Gasteiger partial charge in [0.05, 0.1) is 11.9 Å². The van der Waals surface area contributed by atoms with Crippen molar-refractivity contribution in [3.8, 4) is 0 Å². The Morgan fingerprint density at radius 1 is 1.67 bits per heavy atom. The Hall–Kier alpha value is 0.160. The van der Waals surface area contributed by atoms with E-state index in [2.05, 4.69) is 0 Å².